The second-order valence-corrected chi connectivity index (χ2v) is 12.6. The highest BCUT2D eigenvalue weighted by molar-refractivity contribution is 9.10. The lowest BCUT2D eigenvalue weighted by atomic mass is 10.1. The maximum Gasteiger partial charge on any atom is 0.404 e. The molecule has 22 heavy (non-hydrogen) atoms. The van der Waals surface area contributed by atoms with Gasteiger partial charge in [-0.2, -0.15) is 0 Å². The second-order valence-electron chi connectivity index (χ2n) is 6.88. The van der Waals surface area contributed by atoms with Crippen LogP contribution in [0.2, 0.25) is 18.1 Å². The van der Waals surface area contributed by atoms with Crippen molar-refractivity contribution < 1.29 is 14.0 Å². The van der Waals surface area contributed by atoms with Gasteiger partial charge in [-0.05, 0) is 47.8 Å². The molecule has 1 aromatic rings. The quantitative estimate of drug-likeness (QED) is 0.724. The van der Waals surface area contributed by atoms with Crippen molar-refractivity contribution in [3.05, 3.63) is 33.8 Å². The molecule has 124 valence electrons. The van der Waals surface area contributed by atoms with Crippen LogP contribution < -0.4 is 5.73 Å². The van der Waals surface area contributed by atoms with Gasteiger partial charge in [0.05, 0.1) is 0 Å². The highest BCUT2D eigenvalue weighted by Crippen LogP contribution is 2.36. The van der Waals surface area contributed by atoms with E-state index in [4.69, 9.17) is 14.9 Å². The molecule has 0 aliphatic heterocycles. The van der Waals surface area contributed by atoms with Crippen molar-refractivity contribution in [1.82, 2.24) is 0 Å². The molecular formula is C16H26BrNO3Si. The number of amides is 1. The zero-order chi connectivity index (χ0) is 17.0. The van der Waals surface area contributed by atoms with Crippen molar-refractivity contribution in [1.29, 1.82) is 0 Å². The van der Waals surface area contributed by atoms with E-state index in [1.165, 1.54) is 0 Å². The lowest BCUT2D eigenvalue weighted by molar-refractivity contribution is 0.150. The van der Waals surface area contributed by atoms with Crippen LogP contribution in [0.15, 0.2) is 22.7 Å². The van der Waals surface area contributed by atoms with Gasteiger partial charge in [0, 0.05) is 11.1 Å². The van der Waals surface area contributed by atoms with Gasteiger partial charge in [0.15, 0.2) is 8.32 Å². The van der Waals surface area contributed by atoms with E-state index in [1.54, 1.807) is 0 Å². The molecule has 0 heterocycles. The van der Waals surface area contributed by atoms with Crippen molar-refractivity contribution in [3.8, 4) is 0 Å². The molecule has 0 bridgehead atoms. The molecule has 0 aliphatic rings. The smallest absolute Gasteiger partial charge is 0.404 e. The largest absolute Gasteiger partial charge is 0.445 e. The van der Waals surface area contributed by atoms with Crippen LogP contribution in [0.3, 0.4) is 0 Å². The van der Waals surface area contributed by atoms with Crippen molar-refractivity contribution in [2.75, 3.05) is 6.61 Å². The Hall–Kier alpha value is -0.853. The molecule has 0 spiro atoms. The minimum atomic E-state index is -1.74. The van der Waals surface area contributed by atoms with E-state index in [-0.39, 0.29) is 11.6 Å². The number of carbonyl (C=O) groups excluding carboxylic acids is 1. The summed E-state index contributed by atoms with van der Waals surface area (Å²) in [6.07, 6.45) is 0.0232. The fourth-order valence-corrected chi connectivity index (χ4v) is 3.20. The Balaban J connectivity index is 2.72. The van der Waals surface area contributed by atoms with E-state index >= 15 is 0 Å². The highest BCUT2D eigenvalue weighted by atomic mass is 79.9. The molecule has 0 atom stereocenters. The Labute approximate surface area is 142 Å². The summed E-state index contributed by atoms with van der Waals surface area (Å²) in [5, 5.41) is 0.197. The molecule has 0 aliphatic carbocycles. The third-order valence-corrected chi connectivity index (χ3v) is 9.21. The van der Waals surface area contributed by atoms with Crippen molar-refractivity contribution in [3.63, 3.8) is 0 Å². The third kappa shape index (κ3) is 5.74. The summed E-state index contributed by atoms with van der Waals surface area (Å²) in [6.45, 7) is 12.0. The average molecular weight is 388 g/mol. The number of rotatable bonds is 6. The van der Waals surface area contributed by atoms with Crippen LogP contribution in [-0.2, 0) is 22.2 Å². The molecule has 2 N–H and O–H groups in total. The second kappa shape index (κ2) is 7.61. The lowest BCUT2D eigenvalue weighted by Gasteiger charge is -2.36. The summed E-state index contributed by atoms with van der Waals surface area (Å²) in [5.41, 5.74) is 7.10. The van der Waals surface area contributed by atoms with Crippen LogP contribution in [-0.4, -0.2) is 21.0 Å². The van der Waals surface area contributed by atoms with Gasteiger partial charge >= 0.3 is 6.09 Å². The Morgan fingerprint density at radius 3 is 2.45 bits per heavy atom. The van der Waals surface area contributed by atoms with Crippen LogP contribution in [0.5, 0.6) is 0 Å². The standard InChI is InChI=1S/C16H26BrNO3Si/c1-16(2,3)22(4,5)21-9-8-12-10-14(17)7-6-13(12)11-20-15(18)19/h6-7,10H,8-9,11H2,1-5H3,(H2,18,19). The van der Waals surface area contributed by atoms with Crippen LogP contribution in [0.4, 0.5) is 4.79 Å². The van der Waals surface area contributed by atoms with Gasteiger partial charge in [-0.1, -0.05) is 42.8 Å². The topological polar surface area (TPSA) is 61.6 Å². The molecule has 1 aromatic carbocycles. The fraction of sp³-hybridized carbons (Fsp3) is 0.562. The van der Waals surface area contributed by atoms with Gasteiger partial charge in [0.25, 0.3) is 0 Å². The number of hydrogen-bond acceptors (Lipinski definition) is 3. The lowest BCUT2D eigenvalue weighted by Crippen LogP contribution is -2.41. The number of ether oxygens (including phenoxy) is 1. The fourth-order valence-electron chi connectivity index (χ4n) is 1.75. The first kappa shape index (κ1) is 19.2. The van der Waals surface area contributed by atoms with Gasteiger partial charge in [-0.3, -0.25) is 0 Å². The van der Waals surface area contributed by atoms with Gasteiger partial charge in [-0.15, -0.1) is 0 Å². The average Bonchev–Trinajstić information content (AvgIpc) is 2.36. The molecule has 0 saturated heterocycles. The Kier molecular flexibility index (Phi) is 6.64. The molecule has 1 rings (SSSR count). The first-order chi connectivity index (χ1) is 10.0. The van der Waals surface area contributed by atoms with Gasteiger partial charge in [0.2, 0.25) is 0 Å². The van der Waals surface area contributed by atoms with E-state index in [0.717, 1.165) is 22.0 Å². The van der Waals surface area contributed by atoms with Crippen molar-refractivity contribution in [2.24, 2.45) is 5.73 Å². The molecule has 1 amide bonds. The molecule has 0 fully saturated rings. The van der Waals surface area contributed by atoms with Crippen molar-refractivity contribution in [2.45, 2.75) is 51.9 Å². The van der Waals surface area contributed by atoms with Crippen molar-refractivity contribution >= 4 is 30.3 Å². The number of halogens is 1. The zero-order valence-electron chi connectivity index (χ0n) is 14.0. The molecule has 0 aromatic heterocycles. The van der Waals surface area contributed by atoms with E-state index in [0.29, 0.717) is 6.61 Å². The molecule has 0 saturated carbocycles. The summed E-state index contributed by atoms with van der Waals surface area (Å²) in [5.74, 6) is 0. The molecule has 4 nitrogen and oxygen atoms in total. The summed E-state index contributed by atoms with van der Waals surface area (Å²) < 4.78 is 12.1. The summed E-state index contributed by atoms with van der Waals surface area (Å²) in [4.78, 5) is 10.8. The summed E-state index contributed by atoms with van der Waals surface area (Å²) in [7, 11) is -1.74. The molecule has 0 radical (unpaired) electrons. The van der Waals surface area contributed by atoms with Crippen LogP contribution in [0.25, 0.3) is 0 Å². The Morgan fingerprint density at radius 2 is 1.91 bits per heavy atom. The van der Waals surface area contributed by atoms with E-state index < -0.39 is 14.4 Å². The zero-order valence-corrected chi connectivity index (χ0v) is 16.6. The summed E-state index contributed by atoms with van der Waals surface area (Å²) >= 11 is 3.47. The van der Waals surface area contributed by atoms with Gasteiger partial charge in [0.1, 0.15) is 6.61 Å². The van der Waals surface area contributed by atoms with E-state index in [1.807, 2.05) is 18.2 Å². The first-order valence-electron chi connectivity index (χ1n) is 7.36. The van der Waals surface area contributed by atoms with E-state index in [2.05, 4.69) is 49.8 Å². The number of carbonyl (C=O) groups is 1. The van der Waals surface area contributed by atoms with Crippen LogP contribution in [0, 0.1) is 0 Å². The normalized spacial score (nSPS) is 12.3. The summed E-state index contributed by atoms with van der Waals surface area (Å²) in [6, 6.07) is 5.90. The van der Waals surface area contributed by atoms with Crippen LogP contribution >= 0.6 is 15.9 Å². The molecule has 0 unspecified atom stereocenters. The number of benzene rings is 1. The number of hydrogen-bond donors (Lipinski definition) is 1. The monoisotopic (exact) mass is 387 g/mol. The minimum Gasteiger partial charge on any atom is -0.445 e. The van der Waals surface area contributed by atoms with Gasteiger partial charge < -0.3 is 14.9 Å². The predicted molar refractivity (Wildman–Crippen MR) is 95.4 cm³/mol. The predicted octanol–water partition coefficient (Wildman–Crippen LogP) is 4.61. The maximum absolute atomic E-state index is 10.8. The van der Waals surface area contributed by atoms with E-state index in [9.17, 15) is 4.79 Å². The maximum atomic E-state index is 10.8. The van der Waals surface area contributed by atoms with Gasteiger partial charge in [-0.25, -0.2) is 4.79 Å². The highest BCUT2D eigenvalue weighted by Gasteiger charge is 2.36. The Bertz CT molecular complexity index is 527. The first-order valence-corrected chi connectivity index (χ1v) is 11.1. The van der Waals surface area contributed by atoms with Crippen LogP contribution in [0.1, 0.15) is 31.9 Å². The molecular weight excluding hydrogens is 362 g/mol. The number of primary amides is 1. The Morgan fingerprint density at radius 1 is 1.27 bits per heavy atom. The number of nitrogens with two attached hydrogens (primary N) is 1. The minimum absolute atomic E-state index is 0.192. The third-order valence-electron chi connectivity index (χ3n) is 4.18. The molecule has 6 heteroatoms. The SMILES string of the molecule is CC(C)(C)[Si](C)(C)OCCc1cc(Br)ccc1COC(N)=O.